The molecule has 0 unspecified atom stereocenters. The smallest absolute Gasteiger partial charge is 0.407 e. The van der Waals surface area contributed by atoms with E-state index in [4.69, 9.17) is 4.74 Å². The summed E-state index contributed by atoms with van der Waals surface area (Å²) in [5.74, 6) is -0.218. The molecule has 0 spiro atoms. The van der Waals surface area contributed by atoms with Crippen molar-refractivity contribution >= 4 is 38.7 Å². The molecule has 2 amide bonds. The van der Waals surface area contributed by atoms with Gasteiger partial charge in [-0.2, -0.15) is 0 Å². The number of aromatic nitrogens is 1. The molecule has 0 fully saturated rings. The first-order valence-corrected chi connectivity index (χ1v) is 10.2. The molecule has 0 saturated heterocycles. The highest BCUT2D eigenvalue weighted by atomic mass is 32.1. The van der Waals surface area contributed by atoms with Gasteiger partial charge in [0.2, 0.25) is 0 Å². The molecule has 29 heavy (non-hydrogen) atoms. The van der Waals surface area contributed by atoms with Gasteiger partial charge in [-0.05, 0) is 69.5 Å². The minimum atomic E-state index is -0.538. The normalized spacial score (nSPS) is 11.3. The SMILES string of the molecule is Cc1cc(C)c2nc(NC(=O)c3ccc(CNC(=O)OC(C)(C)C)cc3)sc2c1. The Balaban J connectivity index is 1.62. The standard InChI is InChI=1S/C22H25N3O3S/c1-13-10-14(2)18-17(11-13)29-20(24-18)25-19(26)16-8-6-15(7-9-16)12-23-21(27)28-22(3,4)5/h6-11H,12H2,1-5H3,(H,23,27)(H,24,25,26). The van der Waals surface area contributed by atoms with Crippen LogP contribution in [0.2, 0.25) is 0 Å². The number of thiazole rings is 1. The van der Waals surface area contributed by atoms with Crippen LogP contribution in [0.4, 0.5) is 9.93 Å². The first-order valence-electron chi connectivity index (χ1n) is 9.36. The summed E-state index contributed by atoms with van der Waals surface area (Å²) in [6.45, 7) is 9.83. The molecule has 0 aliphatic carbocycles. The van der Waals surface area contributed by atoms with Gasteiger partial charge < -0.3 is 10.1 Å². The zero-order valence-corrected chi connectivity index (χ0v) is 18.1. The van der Waals surface area contributed by atoms with Gasteiger partial charge in [-0.3, -0.25) is 10.1 Å². The predicted molar refractivity (Wildman–Crippen MR) is 117 cm³/mol. The van der Waals surface area contributed by atoms with E-state index in [0.29, 0.717) is 17.2 Å². The van der Waals surface area contributed by atoms with Crippen LogP contribution in [0.1, 0.15) is 47.8 Å². The number of rotatable bonds is 4. The van der Waals surface area contributed by atoms with E-state index in [9.17, 15) is 9.59 Å². The average molecular weight is 412 g/mol. The summed E-state index contributed by atoms with van der Waals surface area (Å²) in [6, 6.07) is 11.2. The van der Waals surface area contributed by atoms with Crippen LogP contribution in [0.5, 0.6) is 0 Å². The van der Waals surface area contributed by atoms with E-state index in [0.717, 1.165) is 21.3 Å². The molecule has 1 heterocycles. The molecule has 0 aliphatic heterocycles. The van der Waals surface area contributed by atoms with E-state index >= 15 is 0 Å². The van der Waals surface area contributed by atoms with Gasteiger partial charge in [0, 0.05) is 12.1 Å². The molecule has 3 aromatic rings. The molecule has 0 saturated carbocycles. The molecule has 0 bridgehead atoms. The Morgan fingerprint density at radius 1 is 1.10 bits per heavy atom. The fourth-order valence-corrected chi connectivity index (χ4v) is 3.89. The lowest BCUT2D eigenvalue weighted by Gasteiger charge is -2.19. The van der Waals surface area contributed by atoms with Gasteiger partial charge in [0.25, 0.3) is 5.91 Å². The van der Waals surface area contributed by atoms with Crippen LogP contribution in [0, 0.1) is 13.8 Å². The van der Waals surface area contributed by atoms with Crippen molar-refractivity contribution in [3.63, 3.8) is 0 Å². The van der Waals surface area contributed by atoms with Gasteiger partial charge in [-0.25, -0.2) is 9.78 Å². The molecule has 6 nitrogen and oxygen atoms in total. The molecule has 2 aromatic carbocycles. The molecule has 0 atom stereocenters. The topological polar surface area (TPSA) is 80.3 Å². The second-order valence-electron chi connectivity index (χ2n) is 7.95. The second kappa shape index (κ2) is 8.21. The summed E-state index contributed by atoms with van der Waals surface area (Å²) in [5, 5.41) is 6.15. The number of amides is 2. The average Bonchev–Trinajstić information content (AvgIpc) is 3.01. The molecule has 3 rings (SSSR count). The van der Waals surface area contributed by atoms with Crippen molar-refractivity contribution in [2.45, 2.75) is 46.8 Å². The Morgan fingerprint density at radius 2 is 1.79 bits per heavy atom. The van der Waals surface area contributed by atoms with Crippen molar-refractivity contribution in [1.29, 1.82) is 0 Å². The Labute approximate surface area is 174 Å². The highest BCUT2D eigenvalue weighted by molar-refractivity contribution is 7.22. The van der Waals surface area contributed by atoms with Gasteiger partial charge in [0.15, 0.2) is 5.13 Å². The number of aryl methyl sites for hydroxylation is 2. The van der Waals surface area contributed by atoms with E-state index in [1.807, 2.05) is 34.6 Å². The van der Waals surface area contributed by atoms with Gasteiger partial charge in [-0.15, -0.1) is 0 Å². The van der Waals surface area contributed by atoms with Crippen LogP contribution in [0.25, 0.3) is 10.2 Å². The van der Waals surface area contributed by atoms with Crippen molar-refractivity contribution in [1.82, 2.24) is 10.3 Å². The van der Waals surface area contributed by atoms with E-state index in [1.165, 1.54) is 16.9 Å². The number of hydrogen-bond donors (Lipinski definition) is 2. The van der Waals surface area contributed by atoms with Gasteiger partial charge >= 0.3 is 6.09 Å². The number of alkyl carbamates (subject to hydrolysis) is 1. The van der Waals surface area contributed by atoms with E-state index < -0.39 is 11.7 Å². The largest absolute Gasteiger partial charge is 0.444 e. The van der Waals surface area contributed by atoms with Gasteiger partial charge in [-0.1, -0.05) is 29.5 Å². The third kappa shape index (κ3) is 5.54. The van der Waals surface area contributed by atoms with E-state index in [-0.39, 0.29) is 5.91 Å². The Kier molecular flexibility index (Phi) is 5.88. The minimum absolute atomic E-state index is 0.218. The fourth-order valence-electron chi connectivity index (χ4n) is 2.86. The highest BCUT2D eigenvalue weighted by Gasteiger charge is 2.16. The number of fused-ring (bicyclic) bond motifs is 1. The lowest BCUT2D eigenvalue weighted by Crippen LogP contribution is -2.32. The number of nitrogens with one attached hydrogen (secondary N) is 2. The zero-order chi connectivity index (χ0) is 21.2. The number of carbonyl (C=O) groups is 2. The lowest BCUT2D eigenvalue weighted by atomic mass is 10.1. The molecule has 152 valence electrons. The molecular weight excluding hydrogens is 386 g/mol. The maximum Gasteiger partial charge on any atom is 0.407 e. The second-order valence-corrected chi connectivity index (χ2v) is 8.98. The molecule has 7 heteroatoms. The van der Waals surface area contributed by atoms with Crippen LogP contribution in [-0.4, -0.2) is 22.6 Å². The van der Waals surface area contributed by atoms with Gasteiger partial charge in [0.05, 0.1) is 10.2 Å². The van der Waals surface area contributed by atoms with Crippen molar-refractivity contribution in [3.05, 3.63) is 58.7 Å². The number of ether oxygens (including phenoxy) is 1. The van der Waals surface area contributed by atoms with Crippen molar-refractivity contribution in [3.8, 4) is 0 Å². The molecule has 1 aromatic heterocycles. The number of anilines is 1. The monoisotopic (exact) mass is 411 g/mol. The lowest BCUT2D eigenvalue weighted by molar-refractivity contribution is 0.0523. The Morgan fingerprint density at radius 3 is 2.45 bits per heavy atom. The summed E-state index contributed by atoms with van der Waals surface area (Å²) < 4.78 is 6.27. The number of benzene rings is 2. The number of carbonyl (C=O) groups excluding carboxylic acids is 2. The maximum absolute atomic E-state index is 12.5. The first kappa shape index (κ1) is 20.8. The Bertz CT molecular complexity index is 1050. The van der Waals surface area contributed by atoms with E-state index in [1.54, 1.807) is 24.3 Å². The number of hydrogen-bond acceptors (Lipinski definition) is 5. The summed E-state index contributed by atoms with van der Waals surface area (Å²) in [7, 11) is 0. The van der Waals surface area contributed by atoms with Crippen molar-refractivity contribution in [2.75, 3.05) is 5.32 Å². The van der Waals surface area contributed by atoms with Crippen LogP contribution in [-0.2, 0) is 11.3 Å². The molecule has 0 aliphatic rings. The molecule has 0 radical (unpaired) electrons. The fraction of sp³-hybridized carbons (Fsp3) is 0.318. The summed E-state index contributed by atoms with van der Waals surface area (Å²) in [6.07, 6.45) is -0.472. The molecular formula is C22H25N3O3S. The Hall–Kier alpha value is -2.93. The predicted octanol–water partition coefficient (Wildman–Crippen LogP) is 5.19. The highest BCUT2D eigenvalue weighted by Crippen LogP contribution is 2.29. The third-order valence-electron chi connectivity index (χ3n) is 4.10. The van der Waals surface area contributed by atoms with Crippen LogP contribution in [0.3, 0.4) is 0 Å². The van der Waals surface area contributed by atoms with Gasteiger partial charge in [0.1, 0.15) is 5.60 Å². The van der Waals surface area contributed by atoms with Crippen molar-refractivity contribution in [2.24, 2.45) is 0 Å². The summed E-state index contributed by atoms with van der Waals surface area (Å²) in [5.41, 5.74) is 4.05. The minimum Gasteiger partial charge on any atom is -0.444 e. The summed E-state index contributed by atoms with van der Waals surface area (Å²) in [4.78, 5) is 28.8. The van der Waals surface area contributed by atoms with Crippen LogP contribution in [0.15, 0.2) is 36.4 Å². The quantitative estimate of drug-likeness (QED) is 0.619. The summed E-state index contributed by atoms with van der Waals surface area (Å²) >= 11 is 1.46. The van der Waals surface area contributed by atoms with Crippen LogP contribution >= 0.6 is 11.3 Å². The first-order chi connectivity index (χ1) is 13.6. The van der Waals surface area contributed by atoms with Crippen molar-refractivity contribution < 1.29 is 14.3 Å². The van der Waals surface area contributed by atoms with Crippen LogP contribution < -0.4 is 10.6 Å². The number of nitrogens with zero attached hydrogens (tertiary/aromatic N) is 1. The van der Waals surface area contributed by atoms with E-state index in [2.05, 4.69) is 27.8 Å². The molecule has 2 N–H and O–H groups in total. The third-order valence-corrected chi connectivity index (χ3v) is 5.02. The maximum atomic E-state index is 12.5. The zero-order valence-electron chi connectivity index (χ0n) is 17.3.